The summed E-state index contributed by atoms with van der Waals surface area (Å²) in [6.07, 6.45) is 1.82. The Labute approximate surface area is 166 Å². The van der Waals surface area contributed by atoms with Gasteiger partial charge in [0.1, 0.15) is 5.76 Å². The van der Waals surface area contributed by atoms with Crippen LogP contribution in [0.4, 0.5) is 11.5 Å². The fourth-order valence-electron chi connectivity index (χ4n) is 2.89. The van der Waals surface area contributed by atoms with Crippen LogP contribution in [-0.4, -0.2) is 47.6 Å². The number of nitrogens with zero attached hydrogens (tertiary/aromatic N) is 2. The van der Waals surface area contributed by atoms with E-state index < -0.39 is 5.97 Å². The summed E-state index contributed by atoms with van der Waals surface area (Å²) in [5, 5.41) is 6.22. The van der Waals surface area contributed by atoms with Gasteiger partial charge in [-0.1, -0.05) is 23.4 Å². The first-order chi connectivity index (χ1) is 13.5. The number of ether oxygens (including phenoxy) is 1. The molecule has 1 N–H and O–H groups in total. The van der Waals surface area contributed by atoms with E-state index in [1.165, 1.54) is 0 Å². The van der Waals surface area contributed by atoms with Gasteiger partial charge in [-0.05, 0) is 31.4 Å². The van der Waals surface area contributed by atoms with Crippen molar-refractivity contribution >= 4 is 41.1 Å². The average molecular weight is 403 g/mol. The van der Waals surface area contributed by atoms with Gasteiger partial charge in [0.15, 0.2) is 12.4 Å². The van der Waals surface area contributed by atoms with E-state index in [2.05, 4.69) is 10.5 Å². The smallest absolute Gasteiger partial charge is 0.316 e. The van der Waals surface area contributed by atoms with Crippen molar-refractivity contribution in [1.82, 2.24) is 5.16 Å². The highest BCUT2D eigenvalue weighted by Gasteiger charge is 2.23. The van der Waals surface area contributed by atoms with Gasteiger partial charge in [0.2, 0.25) is 5.91 Å². The van der Waals surface area contributed by atoms with Crippen molar-refractivity contribution in [3.8, 4) is 0 Å². The summed E-state index contributed by atoms with van der Waals surface area (Å²) in [7, 11) is 0. The van der Waals surface area contributed by atoms with Crippen molar-refractivity contribution in [3.05, 3.63) is 41.7 Å². The van der Waals surface area contributed by atoms with Gasteiger partial charge in [-0.2, -0.15) is 0 Å². The minimum Gasteiger partial charge on any atom is -0.455 e. The number of esters is 1. The van der Waals surface area contributed by atoms with Crippen LogP contribution >= 0.6 is 11.8 Å². The van der Waals surface area contributed by atoms with Gasteiger partial charge in [-0.25, -0.2) is 0 Å². The number of nitrogens with one attached hydrogen (secondary N) is 1. The molecular formula is C19H21N3O5S. The molecule has 0 saturated heterocycles. The van der Waals surface area contributed by atoms with E-state index in [0.717, 1.165) is 35.9 Å². The molecule has 0 saturated carbocycles. The first-order valence-electron chi connectivity index (χ1n) is 8.88. The van der Waals surface area contributed by atoms with Crippen LogP contribution in [0.2, 0.25) is 0 Å². The van der Waals surface area contributed by atoms with Gasteiger partial charge in [0.25, 0.3) is 5.91 Å². The maximum Gasteiger partial charge on any atom is 0.316 e. The third-order valence-corrected chi connectivity index (χ3v) is 5.02. The molecule has 1 aromatic heterocycles. The molecule has 2 aromatic rings. The predicted octanol–water partition coefficient (Wildman–Crippen LogP) is 2.18. The van der Waals surface area contributed by atoms with Gasteiger partial charge in [-0.15, -0.1) is 11.8 Å². The van der Waals surface area contributed by atoms with Crippen molar-refractivity contribution in [2.45, 2.75) is 19.8 Å². The van der Waals surface area contributed by atoms with Gasteiger partial charge in [0, 0.05) is 18.3 Å². The second-order valence-corrected chi connectivity index (χ2v) is 7.29. The zero-order valence-corrected chi connectivity index (χ0v) is 16.3. The van der Waals surface area contributed by atoms with Crippen molar-refractivity contribution in [1.29, 1.82) is 0 Å². The van der Waals surface area contributed by atoms with Crippen LogP contribution in [0.1, 0.15) is 17.7 Å². The van der Waals surface area contributed by atoms with E-state index in [-0.39, 0.29) is 29.9 Å². The van der Waals surface area contributed by atoms with Crippen LogP contribution in [-0.2, 0) is 25.5 Å². The highest BCUT2D eigenvalue weighted by molar-refractivity contribution is 8.00. The Kier molecular flexibility index (Phi) is 6.70. The molecule has 3 rings (SSSR count). The predicted molar refractivity (Wildman–Crippen MR) is 105 cm³/mol. The molecule has 0 spiro atoms. The maximum absolute atomic E-state index is 12.4. The number of benzene rings is 1. The van der Waals surface area contributed by atoms with Crippen LogP contribution in [0.15, 0.2) is 34.9 Å². The van der Waals surface area contributed by atoms with Gasteiger partial charge < -0.3 is 19.5 Å². The second-order valence-electron chi connectivity index (χ2n) is 6.30. The Morgan fingerprint density at radius 1 is 1.29 bits per heavy atom. The molecule has 1 aliphatic heterocycles. The number of amides is 2. The molecule has 148 valence electrons. The molecule has 0 bridgehead atoms. The Morgan fingerprint density at radius 2 is 2.11 bits per heavy atom. The quantitative estimate of drug-likeness (QED) is 0.707. The number of aryl methyl sites for hydroxylation is 2. The summed E-state index contributed by atoms with van der Waals surface area (Å²) >= 11 is 1.10. The van der Waals surface area contributed by atoms with Gasteiger partial charge in [0.05, 0.1) is 11.5 Å². The number of hydrogen-bond donors (Lipinski definition) is 1. The Balaban J connectivity index is 1.37. The fraction of sp³-hybridized carbons (Fsp3) is 0.368. The molecule has 0 fully saturated rings. The molecule has 9 heteroatoms. The van der Waals surface area contributed by atoms with E-state index in [0.29, 0.717) is 18.1 Å². The molecule has 1 aromatic carbocycles. The molecule has 0 aliphatic carbocycles. The van der Waals surface area contributed by atoms with Crippen LogP contribution in [0.25, 0.3) is 0 Å². The number of fused-ring (bicyclic) bond motifs is 1. The van der Waals surface area contributed by atoms with Crippen molar-refractivity contribution < 1.29 is 23.6 Å². The number of hydrogen-bond acceptors (Lipinski definition) is 7. The SMILES string of the molecule is Cc1cc(NC(=O)CSCC(=O)OCC(=O)N2CCCc3ccccc32)no1. The number of anilines is 2. The van der Waals surface area contributed by atoms with Crippen LogP contribution < -0.4 is 10.2 Å². The zero-order valence-electron chi connectivity index (χ0n) is 15.5. The van der Waals surface area contributed by atoms with Crippen LogP contribution in [0, 0.1) is 6.92 Å². The van der Waals surface area contributed by atoms with E-state index in [1.54, 1.807) is 17.9 Å². The Hall–Kier alpha value is -2.81. The van der Waals surface area contributed by atoms with Crippen molar-refractivity contribution in [2.24, 2.45) is 0 Å². The highest BCUT2D eigenvalue weighted by atomic mass is 32.2. The highest BCUT2D eigenvalue weighted by Crippen LogP contribution is 2.26. The van der Waals surface area contributed by atoms with Gasteiger partial charge >= 0.3 is 5.97 Å². The fourth-order valence-corrected chi connectivity index (χ4v) is 3.50. The van der Waals surface area contributed by atoms with Crippen LogP contribution in [0.3, 0.4) is 0 Å². The number of para-hydroxylation sites is 1. The summed E-state index contributed by atoms with van der Waals surface area (Å²) in [5.41, 5.74) is 2.00. The molecular weight excluding hydrogens is 382 g/mol. The summed E-state index contributed by atoms with van der Waals surface area (Å²) in [4.78, 5) is 37.7. The van der Waals surface area contributed by atoms with E-state index >= 15 is 0 Å². The zero-order chi connectivity index (χ0) is 19.9. The number of carbonyl (C=O) groups excluding carboxylic acids is 3. The Bertz CT molecular complexity index is 867. The minimum atomic E-state index is -0.534. The minimum absolute atomic E-state index is 0.0187. The number of carbonyl (C=O) groups is 3. The van der Waals surface area contributed by atoms with Crippen molar-refractivity contribution in [3.63, 3.8) is 0 Å². The van der Waals surface area contributed by atoms with E-state index in [1.807, 2.05) is 24.3 Å². The van der Waals surface area contributed by atoms with Crippen LogP contribution in [0.5, 0.6) is 0 Å². The monoisotopic (exact) mass is 403 g/mol. The lowest BCUT2D eigenvalue weighted by atomic mass is 10.0. The van der Waals surface area contributed by atoms with Gasteiger partial charge in [-0.3, -0.25) is 14.4 Å². The standard InChI is InChI=1S/C19H21N3O5S/c1-13-9-16(21-27-13)20-17(23)11-28-12-19(25)26-10-18(24)22-8-4-6-14-5-2-3-7-15(14)22/h2-3,5,7,9H,4,6,8,10-12H2,1H3,(H,20,21,23). The third kappa shape index (κ3) is 5.35. The first kappa shape index (κ1) is 19.9. The first-order valence-corrected chi connectivity index (χ1v) is 10.0. The number of thioether (sulfide) groups is 1. The normalized spacial score (nSPS) is 13.0. The topological polar surface area (TPSA) is 102 Å². The number of aromatic nitrogens is 1. The average Bonchev–Trinajstić information content (AvgIpc) is 3.10. The van der Waals surface area contributed by atoms with Crippen molar-refractivity contribution in [2.75, 3.05) is 34.9 Å². The molecule has 1 aliphatic rings. The summed E-state index contributed by atoms with van der Waals surface area (Å²) < 4.78 is 9.92. The second kappa shape index (κ2) is 9.41. The lowest BCUT2D eigenvalue weighted by Gasteiger charge is -2.29. The third-order valence-electron chi connectivity index (χ3n) is 4.12. The van der Waals surface area contributed by atoms with E-state index in [4.69, 9.17) is 9.26 Å². The lowest BCUT2D eigenvalue weighted by Crippen LogP contribution is -2.38. The molecule has 8 nitrogen and oxygen atoms in total. The molecule has 28 heavy (non-hydrogen) atoms. The maximum atomic E-state index is 12.4. The molecule has 0 atom stereocenters. The summed E-state index contributed by atoms with van der Waals surface area (Å²) in [6.45, 7) is 2.03. The largest absolute Gasteiger partial charge is 0.455 e. The lowest BCUT2D eigenvalue weighted by molar-refractivity contribution is -0.145. The Morgan fingerprint density at radius 3 is 2.89 bits per heavy atom. The van der Waals surface area contributed by atoms with E-state index in [9.17, 15) is 14.4 Å². The number of rotatable bonds is 7. The molecule has 2 amide bonds. The molecule has 0 radical (unpaired) electrons. The summed E-state index contributed by atoms with van der Waals surface area (Å²) in [5.74, 6) is -0.111. The molecule has 2 heterocycles. The summed E-state index contributed by atoms with van der Waals surface area (Å²) in [6, 6.07) is 9.34. The molecule has 0 unspecified atom stereocenters.